The van der Waals surface area contributed by atoms with Gasteiger partial charge >= 0.3 is 5.97 Å². The lowest BCUT2D eigenvalue weighted by Gasteiger charge is -2.11. The predicted octanol–water partition coefficient (Wildman–Crippen LogP) is 1.12. The van der Waals surface area contributed by atoms with Crippen LogP contribution in [-0.2, 0) is 25.6 Å². The van der Waals surface area contributed by atoms with Crippen molar-refractivity contribution in [1.29, 1.82) is 0 Å². The number of hydrogen-bond acceptors (Lipinski definition) is 5. The summed E-state index contributed by atoms with van der Waals surface area (Å²) in [6.45, 7) is 2.44. The fraction of sp³-hybridized carbons (Fsp3) is 0.375. The second-order valence-electron chi connectivity index (χ2n) is 5.07. The van der Waals surface area contributed by atoms with Crippen molar-refractivity contribution in [2.24, 2.45) is 5.73 Å². The third-order valence-electron chi connectivity index (χ3n) is 3.33. The molecule has 3 N–H and O–H groups in total. The summed E-state index contributed by atoms with van der Waals surface area (Å²) in [5.41, 5.74) is 7.21. The highest BCUT2D eigenvalue weighted by Gasteiger charge is 2.14. The van der Waals surface area contributed by atoms with Gasteiger partial charge in [0.25, 0.3) is 0 Å². The van der Waals surface area contributed by atoms with Gasteiger partial charge in [0.1, 0.15) is 12.6 Å². The van der Waals surface area contributed by atoms with Crippen molar-refractivity contribution < 1.29 is 19.1 Å². The number of esters is 1. The SMILES string of the molecule is CCOC(=O)Cn1ccc2cc(NC(=O)C(N)COC)ccc21. The Kier molecular flexibility index (Phi) is 5.72. The zero-order valence-corrected chi connectivity index (χ0v) is 13.2. The topological polar surface area (TPSA) is 95.6 Å². The second-order valence-corrected chi connectivity index (χ2v) is 5.07. The summed E-state index contributed by atoms with van der Waals surface area (Å²) >= 11 is 0. The zero-order chi connectivity index (χ0) is 16.8. The summed E-state index contributed by atoms with van der Waals surface area (Å²) in [6, 6.07) is 6.59. The Bertz CT molecular complexity index is 696. The molecule has 0 radical (unpaired) electrons. The number of aromatic nitrogens is 1. The minimum absolute atomic E-state index is 0.155. The van der Waals surface area contributed by atoms with Gasteiger partial charge in [-0.3, -0.25) is 9.59 Å². The number of rotatable bonds is 7. The van der Waals surface area contributed by atoms with Crippen molar-refractivity contribution in [3.8, 4) is 0 Å². The lowest BCUT2D eigenvalue weighted by molar-refractivity contribution is -0.143. The Morgan fingerprint density at radius 2 is 2.13 bits per heavy atom. The number of carbonyl (C=O) groups is 2. The zero-order valence-electron chi connectivity index (χ0n) is 13.2. The largest absolute Gasteiger partial charge is 0.465 e. The molecule has 0 spiro atoms. The van der Waals surface area contributed by atoms with E-state index in [0.29, 0.717) is 12.3 Å². The van der Waals surface area contributed by atoms with Gasteiger partial charge in [-0.15, -0.1) is 0 Å². The van der Waals surface area contributed by atoms with Crippen LogP contribution < -0.4 is 11.1 Å². The quantitative estimate of drug-likeness (QED) is 0.746. The highest BCUT2D eigenvalue weighted by Crippen LogP contribution is 2.20. The number of nitrogens with zero attached hydrogens (tertiary/aromatic N) is 1. The molecule has 0 fully saturated rings. The molecule has 1 atom stereocenters. The number of nitrogens with two attached hydrogens (primary N) is 1. The molecular weight excluding hydrogens is 298 g/mol. The van der Waals surface area contributed by atoms with Gasteiger partial charge in [-0.2, -0.15) is 0 Å². The first-order valence-corrected chi connectivity index (χ1v) is 7.35. The van der Waals surface area contributed by atoms with E-state index in [9.17, 15) is 9.59 Å². The summed E-state index contributed by atoms with van der Waals surface area (Å²) < 4.78 is 11.6. The van der Waals surface area contributed by atoms with Gasteiger partial charge in [-0.1, -0.05) is 0 Å². The van der Waals surface area contributed by atoms with Crippen LogP contribution in [0.4, 0.5) is 5.69 Å². The molecule has 0 saturated carbocycles. The van der Waals surface area contributed by atoms with Crippen LogP contribution in [0.25, 0.3) is 10.9 Å². The lowest BCUT2D eigenvalue weighted by atomic mass is 10.2. The first-order chi connectivity index (χ1) is 11.0. The Labute approximate surface area is 134 Å². The average Bonchev–Trinajstić information content (AvgIpc) is 2.90. The summed E-state index contributed by atoms with van der Waals surface area (Å²) in [4.78, 5) is 23.5. The average molecular weight is 319 g/mol. The third-order valence-corrected chi connectivity index (χ3v) is 3.33. The molecule has 0 aliphatic carbocycles. The molecular formula is C16H21N3O4. The van der Waals surface area contributed by atoms with Crippen LogP contribution in [-0.4, -0.2) is 42.8 Å². The maximum absolute atomic E-state index is 11.9. The van der Waals surface area contributed by atoms with Gasteiger partial charge in [0, 0.05) is 29.9 Å². The molecule has 23 heavy (non-hydrogen) atoms. The van der Waals surface area contributed by atoms with Crippen molar-refractivity contribution in [2.45, 2.75) is 19.5 Å². The number of hydrogen-bond donors (Lipinski definition) is 2. The number of methoxy groups -OCH3 is 1. The summed E-state index contributed by atoms with van der Waals surface area (Å²) in [6.07, 6.45) is 1.81. The number of fused-ring (bicyclic) bond motifs is 1. The van der Waals surface area contributed by atoms with E-state index in [1.54, 1.807) is 17.6 Å². The van der Waals surface area contributed by atoms with Gasteiger partial charge in [0.15, 0.2) is 0 Å². The normalized spacial score (nSPS) is 12.1. The standard InChI is InChI=1S/C16H21N3O4/c1-3-23-15(20)9-19-7-6-11-8-12(4-5-14(11)19)18-16(21)13(17)10-22-2/h4-8,13H,3,9-10,17H2,1-2H3,(H,18,21). The van der Waals surface area contributed by atoms with Crippen LogP contribution in [0.5, 0.6) is 0 Å². The van der Waals surface area contributed by atoms with E-state index in [-0.39, 0.29) is 25.0 Å². The van der Waals surface area contributed by atoms with E-state index in [0.717, 1.165) is 10.9 Å². The maximum Gasteiger partial charge on any atom is 0.325 e. The monoisotopic (exact) mass is 319 g/mol. The Morgan fingerprint density at radius 1 is 1.35 bits per heavy atom. The highest BCUT2D eigenvalue weighted by atomic mass is 16.5. The number of ether oxygens (including phenoxy) is 2. The third kappa shape index (κ3) is 4.30. The van der Waals surface area contributed by atoms with E-state index < -0.39 is 6.04 Å². The molecule has 1 unspecified atom stereocenters. The Hall–Kier alpha value is -2.38. The van der Waals surface area contributed by atoms with Gasteiger partial charge in [-0.25, -0.2) is 0 Å². The molecule has 0 saturated heterocycles. The number of anilines is 1. The highest BCUT2D eigenvalue weighted by molar-refractivity contribution is 5.97. The Balaban J connectivity index is 2.11. The van der Waals surface area contributed by atoms with Crippen molar-refractivity contribution >= 4 is 28.5 Å². The van der Waals surface area contributed by atoms with Crippen molar-refractivity contribution in [3.05, 3.63) is 30.5 Å². The van der Waals surface area contributed by atoms with Crippen molar-refractivity contribution in [1.82, 2.24) is 4.57 Å². The van der Waals surface area contributed by atoms with Crippen LogP contribution in [0.3, 0.4) is 0 Å². The van der Waals surface area contributed by atoms with E-state index >= 15 is 0 Å². The molecule has 124 valence electrons. The van der Waals surface area contributed by atoms with Gasteiger partial charge in [0.2, 0.25) is 5.91 Å². The van der Waals surface area contributed by atoms with Crippen molar-refractivity contribution in [3.63, 3.8) is 0 Å². The fourth-order valence-electron chi connectivity index (χ4n) is 2.25. The summed E-state index contributed by atoms with van der Waals surface area (Å²) in [5.74, 6) is -0.593. The molecule has 1 aromatic heterocycles. The minimum Gasteiger partial charge on any atom is -0.465 e. The molecule has 0 aliphatic rings. The number of carbonyl (C=O) groups excluding carboxylic acids is 2. The van der Waals surface area contributed by atoms with Gasteiger partial charge < -0.3 is 25.1 Å². The molecule has 0 bridgehead atoms. The molecule has 1 aromatic carbocycles. The summed E-state index contributed by atoms with van der Waals surface area (Å²) in [7, 11) is 1.49. The van der Waals surface area contributed by atoms with E-state index in [1.807, 2.05) is 24.4 Å². The molecule has 7 heteroatoms. The lowest BCUT2D eigenvalue weighted by Crippen LogP contribution is -2.39. The van der Waals surface area contributed by atoms with Gasteiger partial charge in [-0.05, 0) is 31.2 Å². The molecule has 1 heterocycles. The predicted molar refractivity (Wildman–Crippen MR) is 87.1 cm³/mol. The summed E-state index contributed by atoms with van der Waals surface area (Å²) in [5, 5.41) is 3.65. The first-order valence-electron chi connectivity index (χ1n) is 7.35. The first kappa shape index (κ1) is 17.0. The second kappa shape index (κ2) is 7.75. The fourth-order valence-corrected chi connectivity index (χ4v) is 2.25. The van der Waals surface area contributed by atoms with Crippen LogP contribution in [0.15, 0.2) is 30.5 Å². The van der Waals surface area contributed by atoms with E-state index in [1.165, 1.54) is 7.11 Å². The minimum atomic E-state index is -0.718. The molecule has 2 aromatic rings. The molecule has 2 rings (SSSR count). The Morgan fingerprint density at radius 3 is 2.83 bits per heavy atom. The van der Waals surface area contributed by atoms with Crippen LogP contribution >= 0.6 is 0 Å². The molecule has 0 aliphatic heterocycles. The van der Waals surface area contributed by atoms with Crippen LogP contribution in [0, 0.1) is 0 Å². The van der Waals surface area contributed by atoms with Gasteiger partial charge in [0.05, 0.1) is 13.2 Å². The van der Waals surface area contributed by atoms with E-state index in [4.69, 9.17) is 15.2 Å². The van der Waals surface area contributed by atoms with Crippen molar-refractivity contribution in [2.75, 3.05) is 25.6 Å². The van der Waals surface area contributed by atoms with E-state index in [2.05, 4.69) is 5.32 Å². The number of amides is 1. The van der Waals surface area contributed by atoms with Crippen LogP contribution in [0.1, 0.15) is 6.92 Å². The molecule has 7 nitrogen and oxygen atoms in total. The van der Waals surface area contributed by atoms with Crippen LogP contribution in [0.2, 0.25) is 0 Å². The smallest absolute Gasteiger partial charge is 0.325 e. The molecule has 1 amide bonds. The number of nitrogens with one attached hydrogen (secondary N) is 1. The number of benzene rings is 1. The maximum atomic E-state index is 11.9.